The van der Waals surface area contributed by atoms with E-state index in [0.717, 1.165) is 19.5 Å². The smallest absolute Gasteiger partial charge is 0.260 e. The summed E-state index contributed by atoms with van der Waals surface area (Å²) in [5.41, 5.74) is 0. The monoisotopic (exact) mass is 301 g/mol. The number of rotatable bonds is 3. The first kappa shape index (κ1) is 14.5. The summed E-state index contributed by atoms with van der Waals surface area (Å²) in [5.74, 6) is 1.16. The maximum absolute atomic E-state index is 12.0. The highest BCUT2D eigenvalue weighted by Gasteiger charge is 2.21. The fraction of sp³-hybridized carbons (Fsp3) is 0.500. The molecule has 0 aromatic heterocycles. The van der Waals surface area contributed by atoms with Crippen molar-refractivity contribution in [2.75, 3.05) is 19.7 Å². The maximum Gasteiger partial charge on any atom is 0.260 e. The Labute approximate surface area is 123 Å². The van der Waals surface area contributed by atoms with Crippen molar-refractivity contribution in [1.29, 1.82) is 0 Å². The van der Waals surface area contributed by atoms with Gasteiger partial charge < -0.3 is 9.64 Å². The molecule has 1 unspecified atom stereocenters. The lowest BCUT2D eigenvalue weighted by molar-refractivity contribution is -0.135. The maximum atomic E-state index is 12.0. The van der Waals surface area contributed by atoms with Crippen molar-refractivity contribution in [3.05, 3.63) is 28.2 Å². The van der Waals surface area contributed by atoms with Gasteiger partial charge in [0.25, 0.3) is 5.91 Å². The van der Waals surface area contributed by atoms with Gasteiger partial charge in [0.2, 0.25) is 0 Å². The summed E-state index contributed by atoms with van der Waals surface area (Å²) in [4.78, 5) is 13.9. The Morgan fingerprint density at radius 1 is 1.42 bits per heavy atom. The van der Waals surface area contributed by atoms with E-state index in [4.69, 9.17) is 27.9 Å². The molecule has 0 N–H and O–H groups in total. The van der Waals surface area contributed by atoms with Crippen molar-refractivity contribution < 1.29 is 9.53 Å². The number of piperidine rings is 1. The van der Waals surface area contributed by atoms with E-state index in [1.54, 1.807) is 18.2 Å². The highest BCUT2D eigenvalue weighted by molar-refractivity contribution is 6.42. The van der Waals surface area contributed by atoms with E-state index >= 15 is 0 Å². The van der Waals surface area contributed by atoms with Crippen molar-refractivity contribution in [3.8, 4) is 5.75 Å². The van der Waals surface area contributed by atoms with Crippen LogP contribution in [0.3, 0.4) is 0 Å². The Balaban J connectivity index is 1.87. The molecule has 1 aromatic carbocycles. The largest absolute Gasteiger partial charge is 0.484 e. The van der Waals surface area contributed by atoms with Gasteiger partial charge in [-0.25, -0.2) is 0 Å². The van der Waals surface area contributed by atoms with Gasteiger partial charge in [0.1, 0.15) is 5.75 Å². The van der Waals surface area contributed by atoms with Crippen LogP contribution < -0.4 is 4.74 Å². The molecule has 0 radical (unpaired) electrons. The second-order valence-corrected chi connectivity index (χ2v) is 5.77. The minimum Gasteiger partial charge on any atom is -0.484 e. The van der Waals surface area contributed by atoms with Gasteiger partial charge in [0, 0.05) is 19.2 Å². The molecule has 1 heterocycles. The molecule has 0 aliphatic carbocycles. The fourth-order valence-corrected chi connectivity index (χ4v) is 2.51. The first-order valence-corrected chi connectivity index (χ1v) is 7.17. The highest BCUT2D eigenvalue weighted by atomic mass is 35.5. The second-order valence-electron chi connectivity index (χ2n) is 4.95. The molecule has 0 saturated carbocycles. The van der Waals surface area contributed by atoms with E-state index in [-0.39, 0.29) is 12.5 Å². The first-order chi connectivity index (χ1) is 9.06. The first-order valence-electron chi connectivity index (χ1n) is 6.42. The van der Waals surface area contributed by atoms with Crippen LogP contribution >= 0.6 is 23.2 Å². The summed E-state index contributed by atoms with van der Waals surface area (Å²) in [7, 11) is 0. The molecular formula is C14H17Cl2NO2. The van der Waals surface area contributed by atoms with Crippen LogP contribution in [0.1, 0.15) is 19.8 Å². The number of likely N-dealkylation sites (tertiary alicyclic amines) is 1. The minimum atomic E-state index is 0.0256. The number of benzene rings is 1. The van der Waals surface area contributed by atoms with Gasteiger partial charge in [-0.2, -0.15) is 0 Å². The van der Waals surface area contributed by atoms with Gasteiger partial charge in [0.05, 0.1) is 10.0 Å². The van der Waals surface area contributed by atoms with Crippen LogP contribution in [0, 0.1) is 5.92 Å². The van der Waals surface area contributed by atoms with Crippen LogP contribution in [0.5, 0.6) is 5.75 Å². The number of hydrogen-bond donors (Lipinski definition) is 0. The third-order valence-electron chi connectivity index (χ3n) is 3.26. The third kappa shape index (κ3) is 4.02. The molecule has 19 heavy (non-hydrogen) atoms. The molecule has 1 saturated heterocycles. The number of amides is 1. The third-order valence-corrected chi connectivity index (χ3v) is 4.00. The number of hydrogen-bond acceptors (Lipinski definition) is 2. The lowest BCUT2D eigenvalue weighted by Gasteiger charge is -2.30. The molecule has 1 fully saturated rings. The molecule has 1 aromatic rings. The summed E-state index contributed by atoms with van der Waals surface area (Å²) in [6.45, 7) is 3.86. The molecule has 1 aliphatic heterocycles. The minimum absolute atomic E-state index is 0.0256. The molecule has 0 bridgehead atoms. The molecular weight excluding hydrogens is 285 g/mol. The average Bonchev–Trinajstić information content (AvgIpc) is 2.40. The highest BCUT2D eigenvalue weighted by Crippen LogP contribution is 2.26. The van der Waals surface area contributed by atoms with Crippen molar-refractivity contribution in [3.63, 3.8) is 0 Å². The van der Waals surface area contributed by atoms with Crippen molar-refractivity contribution in [2.45, 2.75) is 19.8 Å². The average molecular weight is 302 g/mol. The number of nitrogens with zero attached hydrogens (tertiary/aromatic N) is 1. The van der Waals surface area contributed by atoms with Crippen LogP contribution in [-0.4, -0.2) is 30.5 Å². The number of carbonyl (C=O) groups is 1. The predicted molar refractivity (Wildman–Crippen MR) is 76.9 cm³/mol. The lowest BCUT2D eigenvalue weighted by atomic mass is 10.0. The van der Waals surface area contributed by atoms with E-state index in [0.29, 0.717) is 21.7 Å². The zero-order valence-corrected chi connectivity index (χ0v) is 12.4. The van der Waals surface area contributed by atoms with Gasteiger partial charge in [-0.15, -0.1) is 0 Å². The SMILES string of the molecule is CC1CCCN(C(=O)COc2ccc(Cl)c(Cl)c2)C1. The van der Waals surface area contributed by atoms with Gasteiger partial charge in [-0.05, 0) is 30.9 Å². The summed E-state index contributed by atoms with van der Waals surface area (Å²) < 4.78 is 5.46. The molecule has 1 aliphatic rings. The molecule has 1 amide bonds. The summed E-state index contributed by atoms with van der Waals surface area (Å²) >= 11 is 11.7. The fourth-order valence-electron chi connectivity index (χ4n) is 2.22. The summed E-state index contributed by atoms with van der Waals surface area (Å²) in [6.07, 6.45) is 2.26. The van der Waals surface area contributed by atoms with E-state index in [2.05, 4.69) is 6.92 Å². The van der Waals surface area contributed by atoms with Crippen LogP contribution in [0.15, 0.2) is 18.2 Å². The number of ether oxygens (including phenoxy) is 1. The van der Waals surface area contributed by atoms with Crippen LogP contribution in [0.25, 0.3) is 0 Å². The second kappa shape index (κ2) is 6.49. The van der Waals surface area contributed by atoms with Gasteiger partial charge in [0.15, 0.2) is 6.61 Å². The van der Waals surface area contributed by atoms with E-state index in [1.807, 2.05) is 4.90 Å². The van der Waals surface area contributed by atoms with E-state index < -0.39 is 0 Å². The summed E-state index contributed by atoms with van der Waals surface area (Å²) in [6, 6.07) is 4.99. The van der Waals surface area contributed by atoms with Crippen molar-refractivity contribution in [2.24, 2.45) is 5.92 Å². The zero-order valence-electron chi connectivity index (χ0n) is 10.9. The van der Waals surface area contributed by atoms with Gasteiger partial charge in [-0.3, -0.25) is 4.79 Å². The number of carbonyl (C=O) groups excluding carboxylic acids is 1. The van der Waals surface area contributed by atoms with Crippen LogP contribution in [-0.2, 0) is 4.79 Å². The molecule has 3 nitrogen and oxygen atoms in total. The molecule has 2 rings (SSSR count). The van der Waals surface area contributed by atoms with Gasteiger partial charge in [-0.1, -0.05) is 30.1 Å². The molecule has 5 heteroatoms. The Bertz CT molecular complexity index is 465. The normalized spacial score (nSPS) is 19.3. The Morgan fingerprint density at radius 3 is 2.89 bits per heavy atom. The quantitative estimate of drug-likeness (QED) is 0.853. The molecule has 0 spiro atoms. The molecule has 104 valence electrons. The van der Waals surface area contributed by atoms with Crippen LogP contribution in [0.4, 0.5) is 0 Å². The predicted octanol–water partition coefficient (Wildman–Crippen LogP) is 3.63. The van der Waals surface area contributed by atoms with E-state index in [9.17, 15) is 4.79 Å². The summed E-state index contributed by atoms with van der Waals surface area (Å²) in [5, 5.41) is 0.906. The topological polar surface area (TPSA) is 29.5 Å². The van der Waals surface area contributed by atoms with Crippen LogP contribution in [0.2, 0.25) is 10.0 Å². The Morgan fingerprint density at radius 2 is 2.21 bits per heavy atom. The standard InChI is InChI=1S/C14H17Cl2NO2/c1-10-3-2-6-17(8-10)14(18)9-19-11-4-5-12(15)13(16)7-11/h4-5,7,10H,2-3,6,8-9H2,1H3. The van der Waals surface area contributed by atoms with Gasteiger partial charge >= 0.3 is 0 Å². The molecule has 1 atom stereocenters. The zero-order chi connectivity index (χ0) is 13.8. The van der Waals surface area contributed by atoms with Crippen molar-refractivity contribution >= 4 is 29.1 Å². The van der Waals surface area contributed by atoms with E-state index in [1.165, 1.54) is 6.42 Å². The number of halogens is 2. The van der Waals surface area contributed by atoms with Crippen molar-refractivity contribution in [1.82, 2.24) is 4.90 Å². The lowest BCUT2D eigenvalue weighted by Crippen LogP contribution is -2.41. The Hall–Kier alpha value is -0.930. The Kier molecular flexibility index (Phi) is 4.94.